The predicted octanol–water partition coefficient (Wildman–Crippen LogP) is 1.11. The molecule has 0 unspecified atom stereocenters. The van der Waals surface area contributed by atoms with Crippen LogP contribution in [0.2, 0.25) is 0 Å². The Kier molecular flexibility index (Phi) is 6.29. The van der Waals surface area contributed by atoms with Gasteiger partial charge in [-0.05, 0) is 37.1 Å². The molecule has 0 spiro atoms. The monoisotopic (exact) mass is 368 g/mol. The molecule has 1 saturated heterocycles. The van der Waals surface area contributed by atoms with Gasteiger partial charge in [-0.2, -0.15) is 0 Å². The van der Waals surface area contributed by atoms with Crippen molar-refractivity contribution in [3.63, 3.8) is 0 Å². The fourth-order valence-electron chi connectivity index (χ4n) is 3.43. The number of nitrogens with zero attached hydrogens (tertiary/aromatic N) is 5. The van der Waals surface area contributed by atoms with E-state index in [0.29, 0.717) is 18.3 Å². The molecule has 0 atom stereocenters. The average Bonchev–Trinajstić information content (AvgIpc) is 3.30. The molecule has 9 heteroatoms. The first-order valence-electron chi connectivity index (χ1n) is 9.06. The number of carbonyl (C=O) groups excluding carboxylic acids is 1. The third-order valence-corrected chi connectivity index (χ3v) is 5.98. The Bertz CT molecular complexity index is 567. The zero-order valence-corrected chi connectivity index (χ0v) is 15.9. The van der Waals surface area contributed by atoms with Crippen LogP contribution >= 0.6 is 11.8 Å². The number of hydrogen-bond donors (Lipinski definition) is 1. The number of morpholine rings is 1. The number of tetrazole rings is 1. The van der Waals surface area contributed by atoms with Gasteiger partial charge in [0.05, 0.1) is 25.0 Å². The standard InChI is InChI=1S/C16H28N6O2S/c1-16(2,21-7-9-24-10-8-21)12-17-14(23)11-25-15-18-19-20-22(15)13-5-3-4-6-13/h13H,3-12H2,1-2H3,(H,17,23). The highest BCUT2D eigenvalue weighted by atomic mass is 32.2. The van der Waals surface area contributed by atoms with Gasteiger partial charge in [0.15, 0.2) is 0 Å². The highest BCUT2D eigenvalue weighted by Crippen LogP contribution is 2.31. The third kappa shape index (κ3) is 4.92. The molecule has 2 heterocycles. The number of carbonyl (C=O) groups is 1. The molecule has 1 aromatic rings. The Morgan fingerprint density at radius 3 is 2.76 bits per heavy atom. The lowest BCUT2D eigenvalue weighted by Gasteiger charge is -2.40. The molecular weight excluding hydrogens is 340 g/mol. The SMILES string of the molecule is CC(C)(CNC(=O)CSc1nnnn1C1CCCC1)N1CCOCC1. The van der Waals surface area contributed by atoms with E-state index in [2.05, 4.69) is 39.6 Å². The van der Waals surface area contributed by atoms with Gasteiger partial charge in [0.1, 0.15) is 0 Å². The van der Waals surface area contributed by atoms with Crippen molar-refractivity contribution in [1.29, 1.82) is 0 Å². The molecule has 1 N–H and O–H groups in total. The van der Waals surface area contributed by atoms with Crippen LogP contribution < -0.4 is 5.32 Å². The molecule has 25 heavy (non-hydrogen) atoms. The quantitative estimate of drug-likeness (QED) is 0.722. The Hall–Kier alpha value is -1.19. The van der Waals surface area contributed by atoms with Crippen LogP contribution in [-0.2, 0) is 9.53 Å². The second-order valence-electron chi connectivity index (χ2n) is 7.32. The summed E-state index contributed by atoms with van der Waals surface area (Å²) < 4.78 is 7.29. The summed E-state index contributed by atoms with van der Waals surface area (Å²) in [5.41, 5.74) is -0.0739. The second-order valence-corrected chi connectivity index (χ2v) is 8.26. The second kappa shape index (κ2) is 8.46. The van der Waals surface area contributed by atoms with E-state index in [1.165, 1.54) is 24.6 Å². The van der Waals surface area contributed by atoms with Crippen LogP contribution in [0.3, 0.4) is 0 Å². The molecular formula is C16H28N6O2S. The van der Waals surface area contributed by atoms with Gasteiger partial charge in [-0.25, -0.2) is 4.68 Å². The van der Waals surface area contributed by atoms with Crippen LogP contribution in [0.1, 0.15) is 45.6 Å². The van der Waals surface area contributed by atoms with E-state index in [4.69, 9.17) is 4.74 Å². The lowest BCUT2D eigenvalue weighted by atomic mass is 10.0. The van der Waals surface area contributed by atoms with Crippen LogP contribution in [0.15, 0.2) is 5.16 Å². The molecule has 1 aliphatic carbocycles. The minimum absolute atomic E-state index is 0.0207. The number of ether oxygens (including phenoxy) is 1. The molecule has 140 valence electrons. The van der Waals surface area contributed by atoms with Crippen molar-refractivity contribution in [2.75, 3.05) is 38.6 Å². The summed E-state index contributed by atoms with van der Waals surface area (Å²) in [6.45, 7) is 8.29. The van der Waals surface area contributed by atoms with E-state index >= 15 is 0 Å². The zero-order chi connectivity index (χ0) is 17.7. The normalized spacial score (nSPS) is 20.1. The Morgan fingerprint density at radius 1 is 1.32 bits per heavy atom. The molecule has 1 aliphatic heterocycles. The lowest BCUT2D eigenvalue weighted by molar-refractivity contribution is -0.119. The van der Waals surface area contributed by atoms with Gasteiger partial charge in [-0.15, -0.1) is 5.10 Å². The molecule has 2 aliphatic rings. The molecule has 3 rings (SSSR count). The fraction of sp³-hybridized carbons (Fsp3) is 0.875. The maximum atomic E-state index is 12.2. The topological polar surface area (TPSA) is 85.2 Å². The minimum Gasteiger partial charge on any atom is -0.379 e. The van der Waals surface area contributed by atoms with E-state index in [9.17, 15) is 4.79 Å². The highest BCUT2D eigenvalue weighted by Gasteiger charge is 2.28. The highest BCUT2D eigenvalue weighted by molar-refractivity contribution is 7.99. The first kappa shape index (κ1) is 18.6. The Balaban J connectivity index is 1.44. The van der Waals surface area contributed by atoms with Gasteiger partial charge in [0, 0.05) is 25.2 Å². The van der Waals surface area contributed by atoms with Crippen LogP contribution in [0.4, 0.5) is 0 Å². The summed E-state index contributed by atoms with van der Waals surface area (Å²) in [7, 11) is 0. The van der Waals surface area contributed by atoms with Crippen molar-refractivity contribution in [3.8, 4) is 0 Å². The number of hydrogen-bond acceptors (Lipinski definition) is 7. The van der Waals surface area contributed by atoms with Crippen molar-refractivity contribution in [2.24, 2.45) is 0 Å². The molecule has 0 bridgehead atoms. The van der Waals surface area contributed by atoms with Gasteiger partial charge in [-0.3, -0.25) is 9.69 Å². The van der Waals surface area contributed by atoms with E-state index in [1.807, 2.05) is 4.68 Å². The number of aromatic nitrogens is 4. The smallest absolute Gasteiger partial charge is 0.230 e. The van der Waals surface area contributed by atoms with Gasteiger partial charge >= 0.3 is 0 Å². The van der Waals surface area contributed by atoms with E-state index in [-0.39, 0.29) is 11.4 Å². The Labute approximate surface area is 153 Å². The summed E-state index contributed by atoms with van der Waals surface area (Å²) in [6, 6.07) is 0.390. The molecule has 8 nitrogen and oxygen atoms in total. The molecule has 1 aromatic heterocycles. The van der Waals surface area contributed by atoms with Gasteiger partial charge in [0.25, 0.3) is 0 Å². The van der Waals surface area contributed by atoms with Crippen molar-refractivity contribution < 1.29 is 9.53 Å². The maximum absolute atomic E-state index is 12.2. The van der Waals surface area contributed by atoms with E-state index in [0.717, 1.165) is 44.3 Å². The first-order valence-corrected chi connectivity index (χ1v) is 10.0. The van der Waals surface area contributed by atoms with E-state index in [1.54, 1.807) is 0 Å². The lowest BCUT2D eigenvalue weighted by Crippen LogP contribution is -2.55. The van der Waals surface area contributed by atoms with E-state index < -0.39 is 0 Å². The van der Waals surface area contributed by atoms with Crippen molar-refractivity contribution in [2.45, 2.75) is 56.3 Å². The van der Waals surface area contributed by atoms with Crippen LogP contribution in [0, 0.1) is 0 Å². The number of thioether (sulfide) groups is 1. The molecule has 1 saturated carbocycles. The van der Waals surface area contributed by atoms with Crippen LogP contribution in [-0.4, -0.2) is 75.2 Å². The molecule has 1 amide bonds. The predicted molar refractivity (Wildman–Crippen MR) is 95.5 cm³/mol. The van der Waals surface area contributed by atoms with Crippen molar-refractivity contribution in [3.05, 3.63) is 0 Å². The number of rotatable bonds is 7. The summed E-state index contributed by atoms with van der Waals surface area (Å²) >= 11 is 1.42. The minimum atomic E-state index is -0.0739. The van der Waals surface area contributed by atoms with Crippen LogP contribution in [0.5, 0.6) is 0 Å². The van der Waals surface area contributed by atoms with Crippen molar-refractivity contribution in [1.82, 2.24) is 30.4 Å². The Morgan fingerprint density at radius 2 is 2.04 bits per heavy atom. The largest absolute Gasteiger partial charge is 0.379 e. The molecule has 0 radical (unpaired) electrons. The van der Waals surface area contributed by atoms with Crippen molar-refractivity contribution >= 4 is 17.7 Å². The summed E-state index contributed by atoms with van der Waals surface area (Å²) in [5, 5.41) is 15.8. The van der Waals surface area contributed by atoms with Gasteiger partial charge < -0.3 is 10.1 Å². The molecule has 2 fully saturated rings. The number of nitrogens with one attached hydrogen (secondary N) is 1. The maximum Gasteiger partial charge on any atom is 0.230 e. The van der Waals surface area contributed by atoms with Gasteiger partial charge in [-0.1, -0.05) is 24.6 Å². The first-order chi connectivity index (χ1) is 12.1. The summed E-state index contributed by atoms with van der Waals surface area (Å²) in [4.78, 5) is 14.6. The third-order valence-electron chi connectivity index (χ3n) is 5.05. The summed E-state index contributed by atoms with van der Waals surface area (Å²) in [5.74, 6) is 0.360. The zero-order valence-electron chi connectivity index (χ0n) is 15.1. The molecule has 0 aromatic carbocycles. The van der Waals surface area contributed by atoms with Gasteiger partial charge in [0.2, 0.25) is 11.1 Å². The average molecular weight is 369 g/mol. The fourth-order valence-corrected chi connectivity index (χ4v) is 4.21. The number of amides is 1. The summed E-state index contributed by atoms with van der Waals surface area (Å²) in [6.07, 6.45) is 4.70. The van der Waals surface area contributed by atoms with Crippen LogP contribution in [0.25, 0.3) is 0 Å².